The number of benzene rings is 3. The summed E-state index contributed by atoms with van der Waals surface area (Å²) in [7, 11) is 5.82. The minimum Gasteiger partial charge on any atom is -0.493 e. The predicted octanol–water partition coefficient (Wildman–Crippen LogP) is 4.36. The molecule has 180 valence electrons. The molecular weight excluding hydrogens is 448 g/mol. The van der Waals surface area contributed by atoms with E-state index < -0.39 is 5.97 Å². The highest BCUT2D eigenvalue weighted by molar-refractivity contribution is 6.07. The van der Waals surface area contributed by atoms with Gasteiger partial charge in [-0.25, -0.2) is 4.79 Å². The summed E-state index contributed by atoms with van der Waals surface area (Å²) >= 11 is 0. The van der Waals surface area contributed by atoms with Crippen molar-refractivity contribution in [3.63, 3.8) is 0 Å². The lowest BCUT2D eigenvalue weighted by atomic mass is 9.94. The van der Waals surface area contributed by atoms with Gasteiger partial charge in [0.05, 0.1) is 28.4 Å². The minimum absolute atomic E-state index is 0.0629. The van der Waals surface area contributed by atoms with Gasteiger partial charge in [-0.15, -0.1) is 0 Å². The summed E-state index contributed by atoms with van der Waals surface area (Å²) in [5, 5.41) is 1.03. The van der Waals surface area contributed by atoms with E-state index in [4.69, 9.17) is 24.7 Å². The second kappa shape index (κ2) is 9.42. The van der Waals surface area contributed by atoms with Gasteiger partial charge in [-0.3, -0.25) is 9.36 Å². The van der Waals surface area contributed by atoms with Crippen LogP contribution in [0.1, 0.15) is 16.1 Å². The van der Waals surface area contributed by atoms with Crippen LogP contribution in [-0.2, 0) is 4.74 Å². The molecule has 35 heavy (non-hydrogen) atoms. The van der Waals surface area contributed by atoms with E-state index in [1.54, 1.807) is 42.5 Å². The fraction of sp³-hybridized carbons (Fsp3) is 0.185. The van der Waals surface area contributed by atoms with Crippen LogP contribution in [0.4, 0.5) is 5.69 Å². The zero-order chi connectivity index (χ0) is 25.3. The van der Waals surface area contributed by atoms with E-state index in [1.165, 1.54) is 33.0 Å². The van der Waals surface area contributed by atoms with Crippen molar-refractivity contribution in [3.8, 4) is 34.1 Å². The number of nitrogens with two attached hydrogens (primary N) is 1. The molecule has 2 N–H and O–H groups in total. The third-order valence-corrected chi connectivity index (χ3v) is 5.82. The van der Waals surface area contributed by atoms with Crippen LogP contribution in [0.2, 0.25) is 0 Å². The van der Waals surface area contributed by atoms with E-state index in [0.717, 1.165) is 5.56 Å². The molecule has 4 aromatic rings. The van der Waals surface area contributed by atoms with Crippen LogP contribution >= 0.6 is 0 Å². The zero-order valence-corrected chi connectivity index (χ0v) is 20.2. The maximum Gasteiger partial charge on any atom is 0.355 e. The molecule has 3 aromatic carbocycles. The summed E-state index contributed by atoms with van der Waals surface area (Å²) in [5.74, 6) is 0.543. The molecule has 0 aliphatic rings. The van der Waals surface area contributed by atoms with Crippen LogP contribution in [0.15, 0.2) is 59.4 Å². The fourth-order valence-electron chi connectivity index (χ4n) is 4.19. The van der Waals surface area contributed by atoms with Gasteiger partial charge in [0.1, 0.15) is 5.69 Å². The Morgan fingerprint density at radius 3 is 2.00 bits per heavy atom. The molecule has 0 aliphatic heterocycles. The minimum atomic E-state index is -0.676. The molecule has 8 heteroatoms. The van der Waals surface area contributed by atoms with Crippen LogP contribution in [0, 0.1) is 6.92 Å². The van der Waals surface area contributed by atoms with E-state index in [-0.39, 0.29) is 11.3 Å². The van der Waals surface area contributed by atoms with E-state index >= 15 is 0 Å². The number of nitrogens with zero attached hydrogens (tertiary/aromatic N) is 1. The first-order valence-corrected chi connectivity index (χ1v) is 10.8. The van der Waals surface area contributed by atoms with Crippen molar-refractivity contribution in [3.05, 3.63) is 76.2 Å². The predicted molar refractivity (Wildman–Crippen MR) is 135 cm³/mol. The first kappa shape index (κ1) is 23.7. The highest BCUT2D eigenvalue weighted by Gasteiger charge is 2.27. The summed E-state index contributed by atoms with van der Waals surface area (Å²) in [5.41, 5.74) is 8.55. The summed E-state index contributed by atoms with van der Waals surface area (Å²) in [6.07, 6.45) is 0. The number of carbonyl (C=O) groups excluding carboxylic acids is 1. The third-order valence-electron chi connectivity index (χ3n) is 5.82. The Kier molecular flexibility index (Phi) is 6.38. The zero-order valence-electron chi connectivity index (χ0n) is 20.2. The molecule has 0 saturated heterocycles. The van der Waals surface area contributed by atoms with Gasteiger partial charge in [-0.05, 0) is 60.3 Å². The second-order valence-electron chi connectivity index (χ2n) is 7.91. The first-order valence-electron chi connectivity index (χ1n) is 10.8. The van der Waals surface area contributed by atoms with Crippen molar-refractivity contribution < 1.29 is 23.7 Å². The van der Waals surface area contributed by atoms with E-state index in [1.807, 2.05) is 19.1 Å². The number of carbonyl (C=O) groups is 1. The van der Waals surface area contributed by atoms with Crippen LogP contribution in [-0.4, -0.2) is 39.0 Å². The standard InChI is InChI=1S/C27H26N2O6/c1-15-6-11-19-20(12-15)26(30)29(18-9-7-17(28)8-10-18)24(27(31)35-5)23(19)16-13-21(32-2)25(34-4)22(14-16)33-3/h6-14H,28H2,1-5H3. The summed E-state index contributed by atoms with van der Waals surface area (Å²) in [6.45, 7) is 1.90. The summed E-state index contributed by atoms with van der Waals surface area (Å²) in [4.78, 5) is 27.1. The van der Waals surface area contributed by atoms with E-state index in [9.17, 15) is 9.59 Å². The van der Waals surface area contributed by atoms with Crippen molar-refractivity contribution in [1.29, 1.82) is 0 Å². The number of hydrogen-bond acceptors (Lipinski definition) is 7. The molecule has 0 amide bonds. The molecule has 0 bridgehead atoms. The van der Waals surface area contributed by atoms with Crippen LogP contribution in [0.5, 0.6) is 17.2 Å². The highest BCUT2D eigenvalue weighted by Crippen LogP contribution is 2.43. The number of hydrogen-bond donors (Lipinski definition) is 1. The monoisotopic (exact) mass is 474 g/mol. The molecule has 0 radical (unpaired) electrons. The van der Waals surface area contributed by atoms with Crippen molar-refractivity contribution in [2.24, 2.45) is 0 Å². The molecule has 0 saturated carbocycles. The molecule has 1 aromatic heterocycles. The lowest BCUT2D eigenvalue weighted by Gasteiger charge is -2.20. The Bertz CT molecular complexity index is 1460. The van der Waals surface area contributed by atoms with E-state index in [0.29, 0.717) is 50.5 Å². The molecular formula is C27H26N2O6. The number of aromatic nitrogens is 1. The van der Waals surface area contributed by atoms with Gasteiger partial charge in [0.2, 0.25) is 5.75 Å². The lowest BCUT2D eigenvalue weighted by molar-refractivity contribution is 0.0591. The van der Waals surface area contributed by atoms with Gasteiger partial charge >= 0.3 is 5.97 Å². The largest absolute Gasteiger partial charge is 0.493 e. The van der Waals surface area contributed by atoms with Gasteiger partial charge in [0.25, 0.3) is 5.56 Å². The molecule has 8 nitrogen and oxygen atoms in total. The van der Waals surface area contributed by atoms with Crippen LogP contribution in [0.3, 0.4) is 0 Å². The Morgan fingerprint density at radius 1 is 0.829 bits per heavy atom. The lowest BCUT2D eigenvalue weighted by Crippen LogP contribution is -2.27. The van der Waals surface area contributed by atoms with Crippen molar-refractivity contribution in [1.82, 2.24) is 4.57 Å². The summed E-state index contributed by atoms with van der Waals surface area (Å²) in [6, 6.07) is 15.7. The van der Waals surface area contributed by atoms with Gasteiger partial charge in [-0.2, -0.15) is 0 Å². The smallest absolute Gasteiger partial charge is 0.355 e. The SMILES string of the molecule is COC(=O)c1c(-c2cc(OC)c(OC)c(OC)c2)c2ccc(C)cc2c(=O)n1-c1ccc(N)cc1. The van der Waals surface area contributed by atoms with E-state index in [2.05, 4.69) is 0 Å². The van der Waals surface area contributed by atoms with Crippen molar-refractivity contribution in [2.45, 2.75) is 6.92 Å². The molecule has 0 aliphatic carbocycles. The molecule has 1 heterocycles. The maximum atomic E-state index is 13.8. The topological polar surface area (TPSA) is 102 Å². The normalized spacial score (nSPS) is 10.8. The Hall–Kier alpha value is -4.46. The third kappa shape index (κ3) is 4.03. The highest BCUT2D eigenvalue weighted by atomic mass is 16.5. The molecule has 0 fully saturated rings. The number of anilines is 1. The van der Waals surface area contributed by atoms with Gasteiger partial charge < -0.3 is 24.7 Å². The number of rotatable bonds is 6. The average Bonchev–Trinajstić information content (AvgIpc) is 2.88. The number of fused-ring (bicyclic) bond motifs is 1. The van der Waals surface area contributed by atoms with Crippen LogP contribution < -0.4 is 25.5 Å². The molecule has 4 rings (SSSR count). The Labute approximate surface area is 202 Å². The molecule has 0 atom stereocenters. The summed E-state index contributed by atoms with van der Waals surface area (Å²) < 4.78 is 23.1. The van der Waals surface area contributed by atoms with Gasteiger partial charge in [-0.1, -0.05) is 17.7 Å². The first-order chi connectivity index (χ1) is 16.8. The quantitative estimate of drug-likeness (QED) is 0.327. The van der Waals surface area contributed by atoms with Gasteiger partial charge in [0, 0.05) is 22.3 Å². The second-order valence-corrected chi connectivity index (χ2v) is 7.91. The number of esters is 1. The van der Waals surface area contributed by atoms with Gasteiger partial charge in [0.15, 0.2) is 11.5 Å². The van der Waals surface area contributed by atoms with Crippen molar-refractivity contribution >= 4 is 22.4 Å². The van der Waals surface area contributed by atoms with Crippen molar-refractivity contribution in [2.75, 3.05) is 34.2 Å². The van der Waals surface area contributed by atoms with Crippen LogP contribution in [0.25, 0.3) is 27.6 Å². The number of pyridine rings is 1. The Morgan fingerprint density at radius 2 is 1.46 bits per heavy atom. The number of aryl methyl sites for hydroxylation is 1. The number of nitrogen functional groups attached to an aromatic ring is 1. The number of methoxy groups -OCH3 is 4. The average molecular weight is 475 g/mol. The molecule has 0 spiro atoms. The fourth-order valence-corrected chi connectivity index (χ4v) is 4.19. The Balaban J connectivity index is 2.25. The maximum absolute atomic E-state index is 13.8. The molecule has 0 unspecified atom stereocenters. The number of ether oxygens (including phenoxy) is 4.